The van der Waals surface area contributed by atoms with Gasteiger partial charge in [-0.1, -0.05) is 0 Å². The number of nitrogens with one attached hydrogen (secondary N) is 1. The molecule has 6 heteroatoms. The minimum Gasteiger partial charge on any atom is -0.481 e. The molecule has 0 radical (unpaired) electrons. The molecule has 6 nitrogen and oxygen atoms in total. The quantitative estimate of drug-likeness (QED) is 0.681. The number of nitrogens with zero attached hydrogens (tertiary/aromatic N) is 2. The number of rotatable bonds is 7. The van der Waals surface area contributed by atoms with E-state index in [2.05, 4.69) is 29.1 Å². The van der Waals surface area contributed by atoms with Crippen LogP contribution in [0.4, 0.5) is 0 Å². The van der Waals surface area contributed by atoms with Crippen LogP contribution in [0.25, 0.3) is 0 Å². The van der Waals surface area contributed by atoms with Gasteiger partial charge in [0.05, 0.1) is 6.42 Å². The number of carbonyl (C=O) groups is 2. The Balaban J connectivity index is 2.13. The van der Waals surface area contributed by atoms with Crippen LogP contribution in [0.5, 0.6) is 0 Å². The van der Waals surface area contributed by atoms with Gasteiger partial charge < -0.3 is 15.3 Å². The molecule has 110 valence electrons. The van der Waals surface area contributed by atoms with Crippen LogP contribution < -0.4 is 5.32 Å². The predicted molar refractivity (Wildman–Crippen MR) is 73.0 cm³/mol. The molecule has 2 N–H and O–H groups in total. The molecule has 1 saturated heterocycles. The van der Waals surface area contributed by atoms with Gasteiger partial charge in [-0.3, -0.25) is 14.5 Å². The zero-order valence-corrected chi connectivity index (χ0v) is 11.9. The van der Waals surface area contributed by atoms with E-state index >= 15 is 0 Å². The number of aliphatic carboxylic acids is 1. The largest absolute Gasteiger partial charge is 0.481 e. The summed E-state index contributed by atoms with van der Waals surface area (Å²) < 4.78 is 0. The van der Waals surface area contributed by atoms with Gasteiger partial charge in [0.15, 0.2) is 0 Å². The topological polar surface area (TPSA) is 72.9 Å². The zero-order chi connectivity index (χ0) is 14.3. The van der Waals surface area contributed by atoms with Gasteiger partial charge in [0.25, 0.3) is 0 Å². The van der Waals surface area contributed by atoms with Crippen LogP contribution in [0.2, 0.25) is 0 Å². The van der Waals surface area contributed by atoms with Gasteiger partial charge in [-0.25, -0.2) is 0 Å². The standard InChI is InChI=1S/C13H25N3O3/c1-11(16-9-7-15(2)8-10-16)3-4-12(17)14-6-5-13(18)19/h11H,3-10H2,1-2H3,(H,14,17)(H,18,19). The highest BCUT2D eigenvalue weighted by Gasteiger charge is 2.19. The fourth-order valence-corrected chi connectivity index (χ4v) is 2.18. The average molecular weight is 271 g/mol. The Morgan fingerprint density at radius 2 is 1.84 bits per heavy atom. The van der Waals surface area contributed by atoms with Crippen molar-refractivity contribution >= 4 is 11.9 Å². The number of hydrogen-bond acceptors (Lipinski definition) is 4. The molecule has 0 aromatic rings. The van der Waals surface area contributed by atoms with Crippen LogP contribution in [0.15, 0.2) is 0 Å². The van der Waals surface area contributed by atoms with Crippen LogP contribution in [0, 0.1) is 0 Å². The Kier molecular flexibility index (Phi) is 6.80. The Labute approximate surface area is 114 Å². The van der Waals surface area contributed by atoms with Crippen LogP contribution in [-0.4, -0.2) is 72.6 Å². The SMILES string of the molecule is CC(CCC(=O)NCCC(=O)O)N1CCN(C)CC1. The molecule has 0 aliphatic carbocycles. The van der Waals surface area contributed by atoms with E-state index < -0.39 is 5.97 Å². The fourth-order valence-electron chi connectivity index (χ4n) is 2.18. The molecule has 0 spiro atoms. The molecule has 1 fully saturated rings. The number of carbonyl (C=O) groups excluding carboxylic acids is 1. The summed E-state index contributed by atoms with van der Waals surface area (Å²) in [5.41, 5.74) is 0. The van der Waals surface area contributed by atoms with Crippen LogP contribution in [0.1, 0.15) is 26.2 Å². The first-order valence-corrected chi connectivity index (χ1v) is 6.90. The van der Waals surface area contributed by atoms with Crippen molar-refractivity contribution in [2.75, 3.05) is 39.8 Å². The molecule has 0 bridgehead atoms. The number of hydrogen-bond donors (Lipinski definition) is 2. The Hall–Kier alpha value is -1.14. The van der Waals surface area contributed by atoms with E-state index in [9.17, 15) is 9.59 Å². The van der Waals surface area contributed by atoms with Crippen molar-refractivity contribution in [1.82, 2.24) is 15.1 Å². The van der Waals surface area contributed by atoms with E-state index in [0.717, 1.165) is 32.6 Å². The number of piperazine rings is 1. The number of carboxylic acid groups (broad SMARTS) is 1. The maximum absolute atomic E-state index is 11.5. The van der Waals surface area contributed by atoms with E-state index in [4.69, 9.17) is 5.11 Å². The summed E-state index contributed by atoms with van der Waals surface area (Å²) in [6, 6.07) is 0.402. The molecular formula is C13H25N3O3. The van der Waals surface area contributed by atoms with Crippen molar-refractivity contribution in [2.45, 2.75) is 32.2 Å². The van der Waals surface area contributed by atoms with Gasteiger partial charge in [-0.05, 0) is 20.4 Å². The summed E-state index contributed by atoms with van der Waals surface area (Å²) >= 11 is 0. The van der Waals surface area contributed by atoms with Crippen molar-refractivity contribution in [3.63, 3.8) is 0 Å². The lowest BCUT2D eigenvalue weighted by molar-refractivity contribution is -0.136. The Morgan fingerprint density at radius 1 is 1.21 bits per heavy atom. The lowest BCUT2D eigenvalue weighted by Crippen LogP contribution is -2.48. The second-order valence-corrected chi connectivity index (χ2v) is 5.22. The summed E-state index contributed by atoms with van der Waals surface area (Å²) in [7, 11) is 2.12. The third-order valence-electron chi connectivity index (χ3n) is 3.61. The van der Waals surface area contributed by atoms with Crippen LogP contribution in [0.3, 0.4) is 0 Å². The van der Waals surface area contributed by atoms with Crippen molar-refractivity contribution < 1.29 is 14.7 Å². The molecule has 0 aromatic heterocycles. The summed E-state index contributed by atoms with van der Waals surface area (Å²) in [5, 5.41) is 11.1. The maximum atomic E-state index is 11.5. The molecule has 1 heterocycles. The first-order chi connectivity index (χ1) is 8.99. The smallest absolute Gasteiger partial charge is 0.305 e. The van der Waals surface area contributed by atoms with Gasteiger partial charge in [0, 0.05) is 45.2 Å². The number of carboxylic acids is 1. The van der Waals surface area contributed by atoms with E-state index in [0.29, 0.717) is 12.5 Å². The zero-order valence-electron chi connectivity index (χ0n) is 11.9. The first-order valence-electron chi connectivity index (χ1n) is 6.90. The van der Waals surface area contributed by atoms with E-state index in [1.807, 2.05) is 0 Å². The molecule has 1 aliphatic rings. The minimum atomic E-state index is -0.883. The maximum Gasteiger partial charge on any atom is 0.305 e. The molecule has 1 unspecified atom stereocenters. The van der Waals surface area contributed by atoms with Crippen LogP contribution in [-0.2, 0) is 9.59 Å². The fraction of sp³-hybridized carbons (Fsp3) is 0.846. The molecule has 0 aromatic carbocycles. The lowest BCUT2D eigenvalue weighted by atomic mass is 10.1. The summed E-state index contributed by atoms with van der Waals surface area (Å²) in [4.78, 5) is 26.6. The summed E-state index contributed by atoms with van der Waals surface area (Å²) in [6.07, 6.45) is 1.27. The molecule has 1 atom stereocenters. The van der Waals surface area contributed by atoms with Gasteiger partial charge >= 0.3 is 5.97 Å². The Morgan fingerprint density at radius 3 is 2.42 bits per heavy atom. The Bertz CT molecular complexity index is 302. The van der Waals surface area contributed by atoms with Crippen molar-refractivity contribution in [3.8, 4) is 0 Å². The van der Waals surface area contributed by atoms with E-state index in [1.54, 1.807) is 0 Å². The minimum absolute atomic E-state index is 0.0141. The summed E-state index contributed by atoms with van der Waals surface area (Å²) in [5.74, 6) is -0.937. The van der Waals surface area contributed by atoms with Gasteiger partial charge in [-0.2, -0.15) is 0 Å². The van der Waals surface area contributed by atoms with Crippen molar-refractivity contribution in [2.24, 2.45) is 0 Å². The molecule has 19 heavy (non-hydrogen) atoms. The lowest BCUT2D eigenvalue weighted by Gasteiger charge is -2.36. The normalized spacial score (nSPS) is 19.1. The number of likely N-dealkylation sites (N-methyl/N-ethyl adjacent to an activating group) is 1. The van der Waals surface area contributed by atoms with Gasteiger partial charge in [-0.15, -0.1) is 0 Å². The molecule has 1 rings (SSSR count). The molecule has 1 aliphatic heterocycles. The number of amides is 1. The third kappa shape index (κ3) is 6.54. The molecular weight excluding hydrogens is 246 g/mol. The second kappa shape index (κ2) is 8.12. The highest BCUT2D eigenvalue weighted by Crippen LogP contribution is 2.09. The second-order valence-electron chi connectivity index (χ2n) is 5.22. The molecule has 0 saturated carbocycles. The van der Waals surface area contributed by atoms with E-state index in [1.165, 1.54) is 0 Å². The third-order valence-corrected chi connectivity index (χ3v) is 3.61. The van der Waals surface area contributed by atoms with Gasteiger partial charge in [0.2, 0.25) is 5.91 Å². The average Bonchev–Trinajstić information content (AvgIpc) is 2.36. The first kappa shape index (κ1) is 15.9. The summed E-state index contributed by atoms with van der Waals surface area (Å²) in [6.45, 7) is 6.63. The van der Waals surface area contributed by atoms with Crippen LogP contribution >= 0.6 is 0 Å². The monoisotopic (exact) mass is 271 g/mol. The van der Waals surface area contributed by atoms with E-state index in [-0.39, 0.29) is 18.9 Å². The highest BCUT2D eigenvalue weighted by atomic mass is 16.4. The van der Waals surface area contributed by atoms with Crippen molar-refractivity contribution in [1.29, 1.82) is 0 Å². The van der Waals surface area contributed by atoms with Gasteiger partial charge in [0.1, 0.15) is 0 Å². The van der Waals surface area contributed by atoms with Crippen molar-refractivity contribution in [3.05, 3.63) is 0 Å². The highest BCUT2D eigenvalue weighted by molar-refractivity contribution is 5.76. The predicted octanol–water partition coefficient (Wildman–Crippen LogP) is -0.00660. The molecule has 1 amide bonds.